The summed E-state index contributed by atoms with van der Waals surface area (Å²) in [5.74, 6) is -0.624. The van der Waals surface area contributed by atoms with Gasteiger partial charge in [0.05, 0.1) is 24.9 Å². The van der Waals surface area contributed by atoms with Gasteiger partial charge in [0.15, 0.2) is 0 Å². The summed E-state index contributed by atoms with van der Waals surface area (Å²) in [5, 5.41) is 0. The summed E-state index contributed by atoms with van der Waals surface area (Å²) in [5.41, 5.74) is 2.27. The second-order valence-electron chi connectivity index (χ2n) is 5.59. The summed E-state index contributed by atoms with van der Waals surface area (Å²) < 4.78 is 4.67. The number of esters is 1. The minimum atomic E-state index is -0.454. The maximum absolute atomic E-state index is 13.0. The van der Waals surface area contributed by atoms with Gasteiger partial charge >= 0.3 is 5.97 Å². The first kappa shape index (κ1) is 19.8. The lowest BCUT2D eigenvalue weighted by atomic mass is 10.2. The molecule has 2 aromatic heterocycles. The molecular weight excluding hydrogens is 342 g/mol. The van der Waals surface area contributed by atoms with E-state index in [2.05, 4.69) is 21.3 Å². The van der Waals surface area contributed by atoms with Crippen LogP contribution in [0.5, 0.6) is 0 Å². The standard InChI is InChI=1S/C21H21N3O3/c1-4-5-6-7-16(2)24(20(25)17-10-12-22-13-11-17)15-19-9-8-18(14-23-19)21(26)27-3/h4-14H,1,15H2,2-3H3/b6-5-,16-7+. The Morgan fingerprint density at radius 2 is 1.89 bits per heavy atom. The fourth-order valence-corrected chi connectivity index (χ4v) is 2.29. The molecule has 2 aromatic rings. The van der Waals surface area contributed by atoms with Crippen LogP contribution < -0.4 is 0 Å². The number of hydrogen-bond donors (Lipinski definition) is 0. The zero-order chi connectivity index (χ0) is 19.6. The van der Waals surface area contributed by atoms with Crippen LogP contribution in [0.2, 0.25) is 0 Å². The number of carbonyl (C=O) groups is 2. The van der Waals surface area contributed by atoms with E-state index in [1.165, 1.54) is 13.3 Å². The largest absolute Gasteiger partial charge is 0.465 e. The molecule has 0 atom stereocenters. The molecule has 0 aromatic carbocycles. The number of carbonyl (C=O) groups excluding carboxylic acids is 2. The fraction of sp³-hybridized carbons (Fsp3) is 0.143. The lowest BCUT2D eigenvalue weighted by Crippen LogP contribution is -2.29. The smallest absolute Gasteiger partial charge is 0.339 e. The summed E-state index contributed by atoms with van der Waals surface area (Å²) >= 11 is 0. The highest BCUT2D eigenvalue weighted by molar-refractivity contribution is 5.95. The Morgan fingerprint density at radius 3 is 2.48 bits per heavy atom. The van der Waals surface area contributed by atoms with E-state index in [-0.39, 0.29) is 12.5 Å². The highest BCUT2D eigenvalue weighted by Gasteiger charge is 2.18. The lowest BCUT2D eigenvalue weighted by Gasteiger charge is -2.23. The number of methoxy groups -OCH3 is 1. The number of aromatic nitrogens is 2. The van der Waals surface area contributed by atoms with Gasteiger partial charge in [-0.3, -0.25) is 14.8 Å². The molecule has 0 saturated heterocycles. The van der Waals surface area contributed by atoms with Gasteiger partial charge in [0.2, 0.25) is 0 Å². The van der Waals surface area contributed by atoms with Crippen molar-refractivity contribution >= 4 is 11.9 Å². The summed E-state index contributed by atoms with van der Waals surface area (Å²) in [7, 11) is 1.32. The Kier molecular flexibility index (Phi) is 7.19. The molecule has 2 rings (SSSR count). The van der Waals surface area contributed by atoms with Crippen LogP contribution in [0.25, 0.3) is 0 Å². The molecule has 0 radical (unpaired) electrons. The van der Waals surface area contributed by atoms with Crippen molar-refractivity contribution in [2.24, 2.45) is 0 Å². The van der Waals surface area contributed by atoms with Crippen LogP contribution in [0.4, 0.5) is 0 Å². The van der Waals surface area contributed by atoms with E-state index in [1.807, 2.05) is 19.1 Å². The Morgan fingerprint density at radius 1 is 1.15 bits per heavy atom. The van der Waals surface area contributed by atoms with Crippen molar-refractivity contribution in [2.75, 3.05) is 7.11 Å². The molecule has 1 amide bonds. The maximum Gasteiger partial charge on any atom is 0.339 e. The number of ether oxygens (including phenoxy) is 1. The van der Waals surface area contributed by atoms with E-state index in [1.54, 1.807) is 53.7 Å². The Balaban J connectivity index is 2.30. The SMILES string of the molecule is C=C/C=C\C=C(/C)N(Cc1ccc(C(=O)OC)cn1)C(=O)c1ccncc1. The second-order valence-corrected chi connectivity index (χ2v) is 5.59. The Bertz CT molecular complexity index is 856. The van der Waals surface area contributed by atoms with Gasteiger partial charge in [-0.1, -0.05) is 24.8 Å². The normalized spacial score (nSPS) is 11.3. The summed E-state index contributed by atoms with van der Waals surface area (Å²) in [4.78, 5) is 34.3. The topological polar surface area (TPSA) is 72.4 Å². The van der Waals surface area contributed by atoms with Gasteiger partial charge < -0.3 is 9.64 Å². The number of pyridine rings is 2. The average Bonchev–Trinajstić information content (AvgIpc) is 2.72. The molecule has 138 valence electrons. The van der Waals surface area contributed by atoms with Crippen molar-refractivity contribution in [1.29, 1.82) is 0 Å². The van der Waals surface area contributed by atoms with Gasteiger partial charge in [0.1, 0.15) is 0 Å². The molecule has 0 spiro atoms. The quantitative estimate of drug-likeness (QED) is 0.556. The zero-order valence-electron chi connectivity index (χ0n) is 15.3. The predicted octanol–water partition coefficient (Wildman–Crippen LogP) is 3.55. The van der Waals surface area contributed by atoms with Crippen molar-refractivity contribution in [3.63, 3.8) is 0 Å². The van der Waals surface area contributed by atoms with Crippen LogP contribution in [0.15, 0.2) is 79.4 Å². The van der Waals surface area contributed by atoms with E-state index < -0.39 is 5.97 Å². The molecule has 6 nitrogen and oxygen atoms in total. The number of amides is 1. The molecule has 6 heteroatoms. The predicted molar refractivity (Wildman–Crippen MR) is 103 cm³/mol. The summed E-state index contributed by atoms with van der Waals surface area (Å²) in [6.45, 7) is 5.73. The van der Waals surface area contributed by atoms with Crippen LogP contribution in [0.1, 0.15) is 33.3 Å². The second kappa shape index (κ2) is 9.82. The number of hydrogen-bond acceptors (Lipinski definition) is 5. The fourth-order valence-electron chi connectivity index (χ4n) is 2.29. The first-order valence-corrected chi connectivity index (χ1v) is 8.28. The molecule has 0 aliphatic rings. The molecule has 0 N–H and O–H groups in total. The van der Waals surface area contributed by atoms with E-state index in [0.29, 0.717) is 16.8 Å². The Hall–Kier alpha value is -3.54. The molecule has 0 saturated carbocycles. The van der Waals surface area contributed by atoms with Crippen molar-refractivity contribution in [3.8, 4) is 0 Å². The highest BCUT2D eigenvalue weighted by atomic mass is 16.5. The minimum absolute atomic E-state index is 0.169. The van der Waals surface area contributed by atoms with Gasteiger partial charge in [-0.05, 0) is 37.3 Å². The maximum atomic E-state index is 13.0. The minimum Gasteiger partial charge on any atom is -0.465 e. The first-order valence-electron chi connectivity index (χ1n) is 8.28. The molecule has 27 heavy (non-hydrogen) atoms. The molecule has 0 bridgehead atoms. The van der Waals surface area contributed by atoms with Crippen molar-refractivity contribution in [3.05, 3.63) is 96.3 Å². The van der Waals surface area contributed by atoms with Crippen LogP contribution >= 0.6 is 0 Å². The van der Waals surface area contributed by atoms with E-state index in [0.717, 1.165) is 5.70 Å². The number of allylic oxidation sites excluding steroid dienone is 5. The van der Waals surface area contributed by atoms with Gasteiger partial charge in [0, 0.05) is 29.9 Å². The molecule has 0 aliphatic carbocycles. The molecule has 0 unspecified atom stereocenters. The van der Waals surface area contributed by atoms with Crippen molar-refractivity contribution in [1.82, 2.24) is 14.9 Å². The lowest BCUT2D eigenvalue weighted by molar-refractivity contribution is 0.0599. The van der Waals surface area contributed by atoms with Crippen LogP contribution in [0, 0.1) is 0 Å². The average molecular weight is 363 g/mol. The van der Waals surface area contributed by atoms with Crippen molar-refractivity contribution < 1.29 is 14.3 Å². The summed E-state index contributed by atoms with van der Waals surface area (Å²) in [6.07, 6.45) is 11.7. The van der Waals surface area contributed by atoms with Crippen LogP contribution in [0.3, 0.4) is 0 Å². The van der Waals surface area contributed by atoms with Crippen LogP contribution in [-0.2, 0) is 11.3 Å². The first-order chi connectivity index (χ1) is 13.1. The van der Waals surface area contributed by atoms with Gasteiger partial charge in [0.25, 0.3) is 5.91 Å². The number of nitrogens with zero attached hydrogens (tertiary/aromatic N) is 3. The molecule has 2 heterocycles. The van der Waals surface area contributed by atoms with Gasteiger partial charge in [-0.15, -0.1) is 0 Å². The molecular formula is C21H21N3O3. The summed E-state index contributed by atoms with van der Waals surface area (Å²) in [6, 6.07) is 6.65. The van der Waals surface area contributed by atoms with Gasteiger partial charge in [-0.25, -0.2) is 4.79 Å². The van der Waals surface area contributed by atoms with Gasteiger partial charge in [-0.2, -0.15) is 0 Å². The third-order valence-electron chi connectivity index (χ3n) is 3.75. The zero-order valence-corrected chi connectivity index (χ0v) is 15.3. The Labute approximate surface area is 158 Å². The third-order valence-corrected chi connectivity index (χ3v) is 3.75. The molecule has 0 fully saturated rings. The highest BCUT2D eigenvalue weighted by Crippen LogP contribution is 2.15. The van der Waals surface area contributed by atoms with Crippen LogP contribution in [-0.4, -0.2) is 33.9 Å². The van der Waals surface area contributed by atoms with E-state index in [4.69, 9.17) is 0 Å². The monoisotopic (exact) mass is 363 g/mol. The third kappa shape index (κ3) is 5.47. The van der Waals surface area contributed by atoms with Crippen molar-refractivity contribution in [2.45, 2.75) is 13.5 Å². The van der Waals surface area contributed by atoms with E-state index >= 15 is 0 Å². The van der Waals surface area contributed by atoms with E-state index in [9.17, 15) is 9.59 Å². The molecule has 0 aliphatic heterocycles. The number of rotatable bonds is 7.